The monoisotopic (exact) mass is 258 g/mol. The third-order valence-corrected chi connectivity index (χ3v) is 2.06. The first-order chi connectivity index (χ1) is 6.63. The van der Waals surface area contributed by atoms with Gasteiger partial charge in [0.2, 0.25) is 0 Å². The van der Waals surface area contributed by atoms with Crippen molar-refractivity contribution in [1.82, 2.24) is 4.98 Å². The summed E-state index contributed by atoms with van der Waals surface area (Å²) in [5.74, 6) is -0.289. The smallest absolute Gasteiger partial charge is 0.310 e. The van der Waals surface area contributed by atoms with Crippen LogP contribution >= 0.6 is 15.9 Å². The van der Waals surface area contributed by atoms with Crippen LogP contribution in [0.1, 0.15) is 12.5 Å². The van der Waals surface area contributed by atoms with Crippen molar-refractivity contribution in [2.24, 2.45) is 0 Å². The van der Waals surface area contributed by atoms with E-state index in [1.54, 1.807) is 19.2 Å². The minimum atomic E-state index is -0.289. The Morgan fingerprint density at radius 3 is 3.00 bits per heavy atom. The number of hydrogen-bond acceptors (Lipinski definition) is 4. The van der Waals surface area contributed by atoms with Gasteiger partial charge in [-0.05, 0) is 28.9 Å². The summed E-state index contributed by atoms with van der Waals surface area (Å²) < 4.78 is 5.45. The van der Waals surface area contributed by atoms with Crippen LogP contribution in [-0.2, 0) is 16.0 Å². The lowest BCUT2D eigenvalue weighted by atomic mass is 10.2. The number of anilines is 1. The van der Waals surface area contributed by atoms with Crippen molar-refractivity contribution in [3.63, 3.8) is 0 Å². The molecule has 0 saturated carbocycles. The van der Waals surface area contributed by atoms with E-state index in [1.807, 2.05) is 0 Å². The molecule has 0 amide bonds. The second kappa shape index (κ2) is 4.95. The summed E-state index contributed by atoms with van der Waals surface area (Å²) in [6, 6.07) is 1.66. The molecule has 1 rings (SSSR count). The lowest BCUT2D eigenvalue weighted by Gasteiger charge is -2.04. The molecule has 0 bridgehead atoms. The second-order valence-electron chi connectivity index (χ2n) is 2.69. The number of aromatic nitrogens is 1. The van der Waals surface area contributed by atoms with Gasteiger partial charge in [0.05, 0.1) is 13.0 Å². The first-order valence-corrected chi connectivity index (χ1v) is 4.98. The highest BCUT2D eigenvalue weighted by atomic mass is 79.9. The van der Waals surface area contributed by atoms with Gasteiger partial charge < -0.3 is 10.5 Å². The van der Waals surface area contributed by atoms with Crippen molar-refractivity contribution in [3.05, 3.63) is 22.4 Å². The van der Waals surface area contributed by atoms with Crippen molar-refractivity contribution < 1.29 is 9.53 Å². The van der Waals surface area contributed by atoms with Crippen molar-refractivity contribution in [1.29, 1.82) is 0 Å². The Morgan fingerprint density at radius 1 is 1.71 bits per heavy atom. The number of hydrogen-bond donors (Lipinski definition) is 1. The molecular formula is C9H11BrN2O2. The van der Waals surface area contributed by atoms with E-state index in [0.29, 0.717) is 22.5 Å². The summed E-state index contributed by atoms with van der Waals surface area (Å²) in [5, 5.41) is 0. The van der Waals surface area contributed by atoms with Crippen LogP contribution < -0.4 is 5.73 Å². The second-order valence-corrected chi connectivity index (χ2v) is 3.50. The fourth-order valence-electron chi connectivity index (χ4n) is 0.988. The number of rotatable bonds is 3. The number of nitrogen functional groups attached to an aromatic ring is 1. The number of esters is 1. The zero-order valence-electron chi connectivity index (χ0n) is 7.79. The molecule has 1 aromatic heterocycles. The minimum Gasteiger partial charge on any atom is -0.466 e. The van der Waals surface area contributed by atoms with E-state index < -0.39 is 0 Å². The van der Waals surface area contributed by atoms with Gasteiger partial charge >= 0.3 is 5.97 Å². The molecule has 14 heavy (non-hydrogen) atoms. The Labute approximate surface area is 90.6 Å². The molecule has 0 saturated heterocycles. The van der Waals surface area contributed by atoms with Crippen molar-refractivity contribution in [3.8, 4) is 0 Å². The lowest BCUT2D eigenvalue weighted by Crippen LogP contribution is -2.09. The fourth-order valence-corrected chi connectivity index (χ4v) is 1.34. The maximum atomic E-state index is 11.1. The molecule has 0 radical (unpaired) electrons. The van der Waals surface area contributed by atoms with Gasteiger partial charge in [0, 0.05) is 17.4 Å². The van der Waals surface area contributed by atoms with Crippen molar-refractivity contribution in [2.75, 3.05) is 12.3 Å². The number of nitrogens with zero attached hydrogens (tertiary/aromatic N) is 1. The highest BCUT2D eigenvalue weighted by molar-refractivity contribution is 9.10. The predicted octanol–water partition coefficient (Wildman–Crippen LogP) is 1.53. The first-order valence-electron chi connectivity index (χ1n) is 4.19. The van der Waals surface area contributed by atoms with E-state index in [0.717, 1.165) is 0 Å². The van der Waals surface area contributed by atoms with Crippen LogP contribution in [0.25, 0.3) is 0 Å². The van der Waals surface area contributed by atoms with Gasteiger partial charge in [-0.3, -0.25) is 4.79 Å². The Balaban J connectivity index is 2.72. The van der Waals surface area contributed by atoms with Gasteiger partial charge in [-0.1, -0.05) is 0 Å². The van der Waals surface area contributed by atoms with Crippen LogP contribution in [0.2, 0.25) is 0 Å². The Kier molecular flexibility index (Phi) is 3.88. The minimum absolute atomic E-state index is 0.167. The molecule has 0 atom stereocenters. The number of carbonyl (C=O) groups is 1. The summed E-state index contributed by atoms with van der Waals surface area (Å²) in [6.45, 7) is 2.14. The van der Waals surface area contributed by atoms with Crippen LogP contribution in [0.15, 0.2) is 16.9 Å². The molecule has 0 aliphatic carbocycles. The number of pyridine rings is 1. The van der Waals surface area contributed by atoms with Crippen LogP contribution in [0, 0.1) is 0 Å². The Bertz CT molecular complexity index is 342. The van der Waals surface area contributed by atoms with Crippen LogP contribution in [0.5, 0.6) is 0 Å². The number of carbonyl (C=O) groups excluding carboxylic acids is 1. The van der Waals surface area contributed by atoms with Gasteiger partial charge in [0.1, 0.15) is 4.60 Å². The average molecular weight is 259 g/mol. The van der Waals surface area contributed by atoms with E-state index in [1.165, 1.54) is 0 Å². The number of nitrogens with two attached hydrogens (primary N) is 1. The molecule has 0 fully saturated rings. The molecule has 0 aliphatic heterocycles. The number of halogens is 1. The van der Waals surface area contributed by atoms with Gasteiger partial charge in [0.25, 0.3) is 0 Å². The van der Waals surface area contributed by atoms with Crippen molar-refractivity contribution >= 4 is 27.6 Å². The molecule has 0 unspecified atom stereocenters. The summed E-state index contributed by atoms with van der Waals surface area (Å²) >= 11 is 3.19. The van der Waals surface area contributed by atoms with Gasteiger partial charge in [-0.2, -0.15) is 0 Å². The molecular weight excluding hydrogens is 248 g/mol. The molecule has 1 heterocycles. The predicted molar refractivity (Wildman–Crippen MR) is 56.7 cm³/mol. The van der Waals surface area contributed by atoms with Crippen LogP contribution in [0.4, 0.5) is 5.69 Å². The van der Waals surface area contributed by atoms with E-state index in [9.17, 15) is 4.79 Å². The SMILES string of the molecule is CCOC(=O)Cc1cnc(Br)cc1N. The summed E-state index contributed by atoms with van der Waals surface area (Å²) in [7, 11) is 0. The fraction of sp³-hybridized carbons (Fsp3) is 0.333. The molecule has 0 aromatic carbocycles. The Hall–Kier alpha value is -1.10. The summed E-state index contributed by atoms with van der Waals surface area (Å²) in [4.78, 5) is 15.1. The summed E-state index contributed by atoms with van der Waals surface area (Å²) in [6.07, 6.45) is 1.73. The van der Waals surface area contributed by atoms with Gasteiger partial charge in [0.15, 0.2) is 0 Å². The van der Waals surface area contributed by atoms with E-state index in [4.69, 9.17) is 10.5 Å². The maximum Gasteiger partial charge on any atom is 0.310 e. The third kappa shape index (κ3) is 2.99. The van der Waals surface area contributed by atoms with Crippen LogP contribution in [0.3, 0.4) is 0 Å². The van der Waals surface area contributed by atoms with E-state index in [-0.39, 0.29) is 12.4 Å². The third-order valence-electron chi connectivity index (χ3n) is 1.63. The number of ether oxygens (including phenoxy) is 1. The molecule has 0 aliphatic rings. The standard InChI is InChI=1S/C9H11BrN2O2/c1-2-14-9(13)3-6-5-12-8(10)4-7(6)11/h4-5H,2-3H2,1H3,(H2,11,12). The summed E-state index contributed by atoms with van der Waals surface area (Å²) in [5.41, 5.74) is 6.92. The topological polar surface area (TPSA) is 65.2 Å². The van der Waals surface area contributed by atoms with E-state index in [2.05, 4.69) is 20.9 Å². The largest absolute Gasteiger partial charge is 0.466 e. The van der Waals surface area contributed by atoms with Crippen LogP contribution in [-0.4, -0.2) is 17.6 Å². The highest BCUT2D eigenvalue weighted by Crippen LogP contribution is 2.16. The average Bonchev–Trinajstić information content (AvgIpc) is 2.10. The zero-order valence-corrected chi connectivity index (χ0v) is 9.37. The molecule has 76 valence electrons. The van der Waals surface area contributed by atoms with Gasteiger partial charge in [-0.25, -0.2) is 4.98 Å². The normalized spacial score (nSPS) is 9.86. The van der Waals surface area contributed by atoms with E-state index >= 15 is 0 Å². The first kappa shape index (κ1) is 11.0. The van der Waals surface area contributed by atoms with Gasteiger partial charge in [-0.15, -0.1) is 0 Å². The highest BCUT2D eigenvalue weighted by Gasteiger charge is 2.07. The zero-order chi connectivity index (χ0) is 10.6. The molecule has 4 nitrogen and oxygen atoms in total. The van der Waals surface area contributed by atoms with Crippen molar-refractivity contribution in [2.45, 2.75) is 13.3 Å². The molecule has 2 N–H and O–H groups in total. The Morgan fingerprint density at radius 2 is 2.43 bits per heavy atom. The maximum absolute atomic E-state index is 11.1. The molecule has 5 heteroatoms. The quantitative estimate of drug-likeness (QED) is 0.660. The molecule has 1 aromatic rings. The lowest BCUT2D eigenvalue weighted by molar-refractivity contribution is -0.142. The molecule has 0 spiro atoms.